The molecular weight excluding hydrogens is 346 g/mol. The molecule has 1 aliphatic rings. The molecule has 0 unspecified atom stereocenters. The second-order valence-electron chi connectivity index (χ2n) is 5.53. The number of carbonyl (C=O) groups excluding carboxylic acids is 2. The number of rotatable bonds is 7. The Morgan fingerprint density at radius 1 is 1.08 bits per heavy atom. The van der Waals surface area contributed by atoms with Crippen LogP contribution in [0, 0.1) is 0 Å². The summed E-state index contributed by atoms with van der Waals surface area (Å²) in [6.07, 6.45) is 3.92. The van der Waals surface area contributed by atoms with Crippen LogP contribution in [0.1, 0.15) is 19.3 Å². The molecule has 1 aliphatic heterocycles. The average molecular weight is 363 g/mol. The molecule has 1 aromatic carbocycles. The van der Waals surface area contributed by atoms with Gasteiger partial charge >= 0.3 is 0 Å². The highest BCUT2D eigenvalue weighted by molar-refractivity contribution is 7.89. The van der Waals surface area contributed by atoms with Crippen molar-refractivity contribution in [1.29, 1.82) is 0 Å². The van der Waals surface area contributed by atoms with E-state index in [0.717, 1.165) is 4.90 Å². The third-order valence-corrected chi connectivity index (χ3v) is 5.26. The summed E-state index contributed by atoms with van der Waals surface area (Å²) in [5.41, 5.74) is 0.387. The summed E-state index contributed by atoms with van der Waals surface area (Å²) in [6.45, 7) is 0.813. The van der Waals surface area contributed by atoms with Crippen molar-refractivity contribution in [3.05, 3.63) is 36.9 Å². The monoisotopic (exact) mass is 363 g/mol. The predicted octanol–water partition coefficient (Wildman–Crippen LogP) is 0.300. The first-order valence-electron chi connectivity index (χ1n) is 7.75. The SMILES string of the molecule is O=C1CCC(=O)N1c1ccc(S(=O)(=O)NCCCn2cncn2)cc1. The van der Waals surface area contributed by atoms with Crippen LogP contribution in [-0.2, 0) is 26.2 Å². The van der Waals surface area contributed by atoms with Gasteiger partial charge in [0, 0.05) is 25.9 Å². The molecule has 0 bridgehead atoms. The average Bonchev–Trinajstić information content (AvgIpc) is 3.22. The number of anilines is 1. The zero-order valence-electron chi connectivity index (χ0n) is 13.3. The second kappa shape index (κ2) is 7.11. The number of benzene rings is 1. The van der Waals surface area contributed by atoms with Crippen LogP contribution in [0.25, 0.3) is 0 Å². The maximum absolute atomic E-state index is 12.3. The van der Waals surface area contributed by atoms with Gasteiger partial charge in [-0.25, -0.2) is 18.1 Å². The van der Waals surface area contributed by atoms with Crippen LogP contribution in [0.3, 0.4) is 0 Å². The molecule has 0 aliphatic carbocycles. The van der Waals surface area contributed by atoms with E-state index in [-0.39, 0.29) is 36.1 Å². The zero-order valence-corrected chi connectivity index (χ0v) is 14.1. The minimum absolute atomic E-state index is 0.0797. The van der Waals surface area contributed by atoms with Gasteiger partial charge in [-0.15, -0.1) is 0 Å². The van der Waals surface area contributed by atoms with E-state index in [1.54, 1.807) is 11.0 Å². The topological polar surface area (TPSA) is 114 Å². The Morgan fingerprint density at radius 3 is 2.36 bits per heavy atom. The number of sulfonamides is 1. The van der Waals surface area contributed by atoms with Crippen LogP contribution in [0.5, 0.6) is 0 Å². The minimum Gasteiger partial charge on any atom is -0.274 e. The lowest BCUT2D eigenvalue weighted by atomic mass is 10.3. The molecule has 0 atom stereocenters. The van der Waals surface area contributed by atoms with Gasteiger partial charge in [-0.05, 0) is 30.7 Å². The highest BCUT2D eigenvalue weighted by atomic mass is 32.2. The molecule has 25 heavy (non-hydrogen) atoms. The van der Waals surface area contributed by atoms with Crippen molar-refractivity contribution in [3.8, 4) is 0 Å². The third-order valence-electron chi connectivity index (χ3n) is 3.78. The third kappa shape index (κ3) is 3.91. The molecule has 1 N–H and O–H groups in total. The Hall–Kier alpha value is -2.59. The Kier molecular flexibility index (Phi) is 4.91. The lowest BCUT2D eigenvalue weighted by molar-refractivity contribution is -0.121. The summed E-state index contributed by atoms with van der Waals surface area (Å²) >= 11 is 0. The fraction of sp³-hybridized carbons (Fsp3) is 0.333. The molecular formula is C15H17N5O4S. The highest BCUT2D eigenvalue weighted by Crippen LogP contribution is 2.23. The van der Waals surface area contributed by atoms with E-state index in [9.17, 15) is 18.0 Å². The van der Waals surface area contributed by atoms with Gasteiger partial charge in [0.1, 0.15) is 12.7 Å². The van der Waals surface area contributed by atoms with Crippen LogP contribution in [0.2, 0.25) is 0 Å². The first kappa shape index (κ1) is 17.2. The predicted molar refractivity (Wildman–Crippen MR) is 88.0 cm³/mol. The van der Waals surface area contributed by atoms with Gasteiger partial charge in [-0.3, -0.25) is 19.2 Å². The molecule has 2 aromatic rings. The standard InChI is InChI=1S/C15H17N5O4S/c21-14-6-7-15(22)20(14)12-2-4-13(5-3-12)25(23,24)18-8-1-9-19-11-16-10-17-19/h2-5,10-11,18H,1,6-9H2. The van der Waals surface area contributed by atoms with Crippen molar-refractivity contribution in [2.45, 2.75) is 30.7 Å². The van der Waals surface area contributed by atoms with Crippen molar-refractivity contribution in [2.75, 3.05) is 11.4 Å². The number of carbonyl (C=O) groups is 2. The van der Waals surface area contributed by atoms with E-state index in [1.165, 1.54) is 30.6 Å². The highest BCUT2D eigenvalue weighted by Gasteiger charge is 2.30. The second-order valence-corrected chi connectivity index (χ2v) is 7.29. The van der Waals surface area contributed by atoms with Crippen LogP contribution < -0.4 is 9.62 Å². The van der Waals surface area contributed by atoms with Crippen LogP contribution in [0.4, 0.5) is 5.69 Å². The van der Waals surface area contributed by atoms with Gasteiger partial charge in [0.2, 0.25) is 21.8 Å². The Bertz CT molecular complexity index is 846. The number of hydrogen-bond donors (Lipinski definition) is 1. The van der Waals surface area contributed by atoms with E-state index < -0.39 is 10.0 Å². The molecule has 0 spiro atoms. The molecule has 2 heterocycles. The lowest BCUT2D eigenvalue weighted by Crippen LogP contribution is -2.29. The number of imide groups is 1. The Morgan fingerprint density at radius 2 is 1.76 bits per heavy atom. The van der Waals surface area contributed by atoms with Gasteiger partial charge < -0.3 is 0 Å². The molecule has 9 nitrogen and oxygen atoms in total. The number of aryl methyl sites for hydroxylation is 1. The van der Waals surface area contributed by atoms with Crippen LogP contribution in [-0.4, -0.2) is 41.5 Å². The lowest BCUT2D eigenvalue weighted by Gasteiger charge is -2.14. The molecule has 10 heteroatoms. The smallest absolute Gasteiger partial charge is 0.240 e. The Labute approximate surface area is 144 Å². The quantitative estimate of drug-likeness (QED) is 0.559. The summed E-state index contributed by atoms with van der Waals surface area (Å²) in [4.78, 5) is 28.4. The summed E-state index contributed by atoms with van der Waals surface area (Å²) in [6, 6.07) is 5.69. The van der Waals surface area contributed by atoms with Gasteiger partial charge in [-0.2, -0.15) is 5.10 Å². The van der Waals surface area contributed by atoms with Crippen molar-refractivity contribution >= 4 is 27.5 Å². The van der Waals surface area contributed by atoms with Crippen molar-refractivity contribution in [2.24, 2.45) is 0 Å². The first-order valence-corrected chi connectivity index (χ1v) is 9.23. The minimum atomic E-state index is -3.65. The number of nitrogens with one attached hydrogen (secondary N) is 1. The van der Waals surface area contributed by atoms with Crippen molar-refractivity contribution < 1.29 is 18.0 Å². The fourth-order valence-electron chi connectivity index (χ4n) is 2.52. The molecule has 1 saturated heterocycles. The van der Waals surface area contributed by atoms with Crippen molar-refractivity contribution in [1.82, 2.24) is 19.5 Å². The first-order chi connectivity index (χ1) is 12.0. The largest absolute Gasteiger partial charge is 0.274 e. The normalized spacial score (nSPS) is 15.1. The fourth-order valence-corrected chi connectivity index (χ4v) is 3.59. The van der Waals surface area contributed by atoms with Gasteiger partial charge in [0.05, 0.1) is 10.6 Å². The molecule has 2 amide bonds. The van der Waals surface area contributed by atoms with Crippen molar-refractivity contribution in [3.63, 3.8) is 0 Å². The maximum Gasteiger partial charge on any atom is 0.240 e. The summed E-state index contributed by atoms with van der Waals surface area (Å²) in [5.74, 6) is -0.543. The Balaban J connectivity index is 1.60. The molecule has 132 valence electrons. The number of nitrogens with zero attached hydrogens (tertiary/aromatic N) is 4. The molecule has 1 aromatic heterocycles. The van der Waals surface area contributed by atoms with E-state index in [0.29, 0.717) is 18.7 Å². The van der Waals surface area contributed by atoms with Crippen LogP contribution >= 0.6 is 0 Å². The van der Waals surface area contributed by atoms with Gasteiger partial charge in [-0.1, -0.05) is 0 Å². The number of amides is 2. The van der Waals surface area contributed by atoms with E-state index in [4.69, 9.17) is 0 Å². The van der Waals surface area contributed by atoms with Gasteiger partial charge in [0.15, 0.2) is 0 Å². The number of hydrogen-bond acceptors (Lipinski definition) is 6. The van der Waals surface area contributed by atoms with Gasteiger partial charge in [0.25, 0.3) is 0 Å². The molecule has 0 saturated carbocycles. The van der Waals surface area contributed by atoms with E-state index in [1.807, 2.05) is 0 Å². The number of aromatic nitrogens is 3. The maximum atomic E-state index is 12.3. The zero-order chi connectivity index (χ0) is 17.9. The van der Waals surface area contributed by atoms with Crippen LogP contribution in [0.15, 0.2) is 41.8 Å². The summed E-state index contributed by atoms with van der Waals surface area (Å²) in [7, 11) is -3.65. The molecule has 3 rings (SSSR count). The summed E-state index contributed by atoms with van der Waals surface area (Å²) in [5, 5.41) is 3.94. The van der Waals surface area contributed by atoms with E-state index >= 15 is 0 Å². The van der Waals surface area contributed by atoms with E-state index in [2.05, 4.69) is 14.8 Å². The molecule has 0 radical (unpaired) electrons. The summed E-state index contributed by atoms with van der Waals surface area (Å²) < 4.78 is 28.6. The molecule has 1 fully saturated rings.